The normalized spacial score (nSPS) is 19.8. The minimum absolute atomic E-state index is 0.0315. The number of pyridine rings is 1. The van der Waals surface area contributed by atoms with Gasteiger partial charge < -0.3 is 9.64 Å². The van der Waals surface area contributed by atoms with Crippen molar-refractivity contribution in [1.82, 2.24) is 9.71 Å². The van der Waals surface area contributed by atoms with Crippen LogP contribution in [0.25, 0.3) is 11.3 Å². The van der Waals surface area contributed by atoms with Gasteiger partial charge in [0, 0.05) is 23.9 Å². The van der Waals surface area contributed by atoms with Gasteiger partial charge in [-0.3, -0.25) is 9.79 Å². The van der Waals surface area contributed by atoms with Crippen LogP contribution in [-0.2, 0) is 10.0 Å². The van der Waals surface area contributed by atoms with Crippen LogP contribution in [0.2, 0.25) is 0 Å². The predicted octanol–water partition coefficient (Wildman–Crippen LogP) is 4.19. The van der Waals surface area contributed by atoms with Crippen LogP contribution in [0.4, 0.5) is 5.82 Å². The fraction of sp³-hybridized carbons (Fsp3) is 0.423. The fourth-order valence-electron chi connectivity index (χ4n) is 4.33. The zero-order chi connectivity index (χ0) is 25.2. The first-order valence-corrected chi connectivity index (χ1v) is 13.4. The third kappa shape index (κ3) is 5.56. The summed E-state index contributed by atoms with van der Waals surface area (Å²) in [5.41, 5.74) is 1.82. The average Bonchev–Trinajstić information content (AvgIpc) is 3.48. The second-order valence-corrected chi connectivity index (χ2v) is 11.3. The molecule has 186 valence electrons. The standard InChI is InChI=1S/C26H32N4O4S/c1-17(2)16-34-21-9-7-20(8-10-21)24-12-11-23(25(28-24)30-18(3)5-6-19(30)4)26(31)29-35(32,33)22-13-14-27-15-22/h7-14,17-19H,5-6,15-16H2,1-4H3,(H,29,31)/t18-,19+. The number of carbonyl (C=O) groups excluding carboxylic acids is 1. The number of rotatable bonds is 8. The molecule has 8 nitrogen and oxygen atoms in total. The molecule has 0 bridgehead atoms. The Labute approximate surface area is 207 Å². The smallest absolute Gasteiger partial charge is 0.268 e. The molecule has 35 heavy (non-hydrogen) atoms. The van der Waals surface area contributed by atoms with Gasteiger partial charge in [-0.1, -0.05) is 13.8 Å². The lowest BCUT2D eigenvalue weighted by atomic mass is 10.1. The SMILES string of the molecule is CC(C)COc1ccc(-c2ccc(C(=O)NS(=O)(=O)C3=CC=NC3)c(N3[C@H](C)CC[C@@H]3C)n2)cc1. The second kappa shape index (κ2) is 10.2. The first-order chi connectivity index (χ1) is 16.7. The Hall–Kier alpha value is -3.20. The Kier molecular flexibility index (Phi) is 7.25. The maximum Gasteiger partial charge on any atom is 0.268 e. The molecule has 4 rings (SSSR count). The van der Waals surface area contributed by atoms with Gasteiger partial charge >= 0.3 is 0 Å². The molecule has 0 saturated carbocycles. The van der Waals surface area contributed by atoms with Crippen molar-refractivity contribution in [2.45, 2.75) is 52.6 Å². The lowest BCUT2D eigenvalue weighted by Gasteiger charge is -2.29. The molecule has 1 saturated heterocycles. The molecule has 2 aliphatic heterocycles. The van der Waals surface area contributed by atoms with E-state index in [1.54, 1.807) is 12.1 Å². The Morgan fingerprint density at radius 1 is 1.11 bits per heavy atom. The third-order valence-corrected chi connectivity index (χ3v) is 7.64. The van der Waals surface area contributed by atoms with Gasteiger partial charge in [-0.05, 0) is 75.1 Å². The first kappa shape index (κ1) is 24.9. The van der Waals surface area contributed by atoms with Gasteiger partial charge in [0.1, 0.15) is 11.6 Å². The molecular formula is C26H32N4O4S. The number of nitrogens with one attached hydrogen (secondary N) is 1. The predicted molar refractivity (Wildman–Crippen MR) is 138 cm³/mol. The van der Waals surface area contributed by atoms with Gasteiger partial charge in [-0.25, -0.2) is 18.1 Å². The van der Waals surface area contributed by atoms with Gasteiger partial charge in [0.05, 0.1) is 29.3 Å². The van der Waals surface area contributed by atoms with Gasteiger partial charge in [-0.15, -0.1) is 0 Å². The van der Waals surface area contributed by atoms with E-state index < -0.39 is 15.9 Å². The van der Waals surface area contributed by atoms with Gasteiger partial charge in [0.15, 0.2) is 0 Å². The molecule has 1 aromatic carbocycles. The minimum atomic E-state index is -3.98. The molecule has 1 amide bonds. The molecule has 1 fully saturated rings. The highest BCUT2D eigenvalue weighted by Gasteiger charge is 2.33. The lowest BCUT2D eigenvalue weighted by molar-refractivity contribution is 0.0982. The number of sulfonamides is 1. The van der Waals surface area contributed by atoms with Crippen molar-refractivity contribution in [1.29, 1.82) is 0 Å². The Bertz CT molecular complexity index is 1240. The van der Waals surface area contributed by atoms with Crippen LogP contribution in [0.3, 0.4) is 0 Å². The summed E-state index contributed by atoms with van der Waals surface area (Å²) >= 11 is 0. The number of nitrogens with zero attached hydrogens (tertiary/aromatic N) is 3. The quantitative estimate of drug-likeness (QED) is 0.588. The highest BCUT2D eigenvalue weighted by molar-refractivity contribution is 7.94. The maximum atomic E-state index is 13.2. The summed E-state index contributed by atoms with van der Waals surface area (Å²) in [6.45, 7) is 9.06. The first-order valence-electron chi connectivity index (χ1n) is 11.9. The molecule has 2 atom stereocenters. The van der Waals surface area contributed by atoms with E-state index in [0.717, 1.165) is 24.2 Å². The van der Waals surface area contributed by atoms with Crippen LogP contribution in [-0.4, -0.2) is 50.8 Å². The monoisotopic (exact) mass is 496 g/mol. The summed E-state index contributed by atoms with van der Waals surface area (Å²) in [5, 5.41) is 0. The van der Waals surface area contributed by atoms with E-state index in [2.05, 4.69) is 42.3 Å². The molecular weight excluding hydrogens is 464 g/mol. The Morgan fingerprint density at radius 3 is 2.40 bits per heavy atom. The number of ether oxygens (including phenoxy) is 1. The van der Waals surface area contributed by atoms with E-state index in [1.807, 2.05) is 24.3 Å². The van der Waals surface area contributed by atoms with Crippen molar-refractivity contribution in [3.05, 3.63) is 52.9 Å². The van der Waals surface area contributed by atoms with E-state index >= 15 is 0 Å². The number of anilines is 1. The van der Waals surface area contributed by atoms with Crippen LogP contribution in [0.15, 0.2) is 52.4 Å². The summed E-state index contributed by atoms with van der Waals surface area (Å²) in [7, 11) is -3.98. The minimum Gasteiger partial charge on any atom is -0.493 e. The Morgan fingerprint density at radius 2 is 1.80 bits per heavy atom. The van der Waals surface area contributed by atoms with E-state index in [-0.39, 0.29) is 29.1 Å². The van der Waals surface area contributed by atoms with E-state index in [4.69, 9.17) is 9.72 Å². The van der Waals surface area contributed by atoms with Crippen molar-refractivity contribution in [3.8, 4) is 17.0 Å². The van der Waals surface area contributed by atoms with E-state index in [9.17, 15) is 13.2 Å². The van der Waals surface area contributed by atoms with Crippen molar-refractivity contribution in [2.75, 3.05) is 18.1 Å². The molecule has 0 unspecified atom stereocenters. The highest BCUT2D eigenvalue weighted by atomic mass is 32.2. The molecule has 0 spiro atoms. The lowest BCUT2D eigenvalue weighted by Crippen LogP contribution is -2.37. The molecule has 3 heterocycles. The molecule has 2 aromatic rings. The van der Waals surface area contributed by atoms with Crippen molar-refractivity contribution in [2.24, 2.45) is 10.9 Å². The topological polar surface area (TPSA) is 101 Å². The highest BCUT2D eigenvalue weighted by Crippen LogP contribution is 2.34. The molecule has 1 N–H and O–H groups in total. The summed E-state index contributed by atoms with van der Waals surface area (Å²) in [6, 6.07) is 11.4. The maximum absolute atomic E-state index is 13.2. The molecule has 2 aliphatic rings. The molecule has 0 aliphatic carbocycles. The number of amides is 1. The van der Waals surface area contributed by atoms with Gasteiger partial charge in [0.25, 0.3) is 15.9 Å². The number of aliphatic imine (C=N–C) groups is 1. The summed E-state index contributed by atoms with van der Waals surface area (Å²) in [4.78, 5) is 24.1. The van der Waals surface area contributed by atoms with Crippen LogP contribution < -0.4 is 14.4 Å². The molecule has 1 aromatic heterocycles. The number of aromatic nitrogens is 1. The number of allylic oxidation sites excluding steroid dienone is 1. The van der Waals surface area contributed by atoms with Crippen LogP contribution in [0.1, 0.15) is 50.9 Å². The van der Waals surface area contributed by atoms with Crippen LogP contribution in [0, 0.1) is 5.92 Å². The number of hydrogen-bond acceptors (Lipinski definition) is 7. The van der Waals surface area contributed by atoms with Crippen molar-refractivity contribution < 1.29 is 17.9 Å². The van der Waals surface area contributed by atoms with Crippen molar-refractivity contribution in [3.63, 3.8) is 0 Å². The number of hydrogen-bond donors (Lipinski definition) is 1. The Balaban J connectivity index is 1.66. The zero-order valence-electron chi connectivity index (χ0n) is 20.6. The van der Waals surface area contributed by atoms with E-state index in [0.29, 0.717) is 24.0 Å². The van der Waals surface area contributed by atoms with Gasteiger partial charge in [0.2, 0.25) is 0 Å². The third-order valence-electron chi connectivity index (χ3n) is 6.23. The second-order valence-electron chi connectivity index (χ2n) is 9.54. The molecule has 0 radical (unpaired) electrons. The summed E-state index contributed by atoms with van der Waals surface area (Å²) in [6.07, 6.45) is 4.77. The van der Waals surface area contributed by atoms with Gasteiger partial charge in [-0.2, -0.15) is 0 Å². The fourth-order valence-corrected chi connectivity index (χ4v) is 5.30. The number of carbonyl (C=O) groups is 1. The largest absolute Gasteiger partial charge is 0.493 e. The zero-order valence-corrected chi connectivity index (χ0v) is 21.4. The van der Waals surface area contributed by atoms with Crippen molar-refractivity contribution >= 4 is 28.0 Å². The summed E-state index contributed by atoms with van der Waals surface area (Å²) in [5.74, 6) is 1.01. The van der Waals surface area contributed by atoms with E-state index in [1.165, 1.54) is 12.3 Å². The average molecular weight is 497 g/mol. The van der Waals surface area contributed by atoms with Crippen LogP contribution in [0.5, 0.6) is 5.75 Å². The van der Waals surface area contributed by atoms with Crippen LogP contribution >= 0.6 is 0 Å². The number of benzene rings is 1. The summed E-state index contributed by atoms with van der Waals surface area (Å²) < 4.78 is 33.3. The molecule has 9 heteroatoms.